The summed E-state index contributed by atoms with van der Waals surface area (Å²) >= 11 is 3.51. The molecule has 0 atom stereocenters. The summed E-state index contributed by atoms with van der Waals surface area (Å²) in [6.45, 7) is 4.03. The molecule has 0 saturated carbocycles. The van der Waals surface area contributed by atoms with Gasteiger partial charge < -0.3 is 4.98 Å². The Balaban J connectivity index is 2.33. The molecular weight excluding hydrogens is 314 g/mol. The van der Waals surface area contributed by atoms with E-state index in [1.54, 1.807) is 6.20 Å². The fourth-order valence-electron chi connectivity index (χ4n) is 2.44. The molecule has 0 aliphatic rings. The smallest absolute Gasteiger partial charge is 0.197 e. The summed E-state index contributed by atoms with van der Waals surface area (Å²) in [6, 6.07) is 11.8. The SMILES string of the molecule is Cc1ccc2c(=O)c(-c3cccc(Br)c3C)c[nH]c2c1. The molecule has 0 aliphatic carbocycles. The molecule has 2 aromatic carbocycles. The van der Waals surface area contributed by atoms with E-state index in [-0.39, 0.29) is 5.43 Å². The second-order valence-corrected chi connectivity index (χ2v) is 5.85. The lowest BCUT2D eigenvalue weighted by Gasteiger charge is -2.08. The van der Waals surface area contributed by atoms with Crippen molar-refractivity contribution in [2.24, 2.45) is 0 Å². The molecule has 0 fully saturated rings. The zero-order chi connectivity index (χ0) is 14.3. The zero-order valence-electron chi connectivity index (χ0n) is 11.3. The van der Waals surface area contributed by atoms with E-state index in [0.717, 1.165) is 32.1 Å². The van der Waals surface area contributed by atoms with Gasteiger partial charge in [-0.05, 0) is 48.7 Å². The maximum Gasteiger partial charge on any atom is 0.197 e. The van der Waals surface area contributed by atoms with E-state index in [2.05, 4.69) is 20.9 Å². The fraction of sp³-hybridized carbons (Fsp3) is 0.118. The minimum atomic E-state index is 0.0694. The normalized spacial score (nSPS) is 10.9. The third kappa shape index (κ3) is 2.08. The predicted octanol–water partition coefficient (Wildman–Crippen LogP) is 4.57. The van der Waals surface area contributed by atoms with Crippen LogP contribution in [0.4, 0.5) is 0 Å². The molecule has 0 amide bonds. The minimum absolute atomic E-state index is 0.0694. The van der Waals surface area contributed by atoms with Gasteiger partial charge in [-0.2, -0.15) is 0 Å². The number of fused-ring (bicyclic) bond motifs is 1. The molecule has 0 aliphatic heterocycles. The van der Waals surface area contributed by atoms with Gasteiger partial charge in [0, 0.05) is 27.1 Å². The van der Waals surface area contributed by atoms with Crippen LogP contribution < -0.4 is 5.43 Å². The van der Waals surface area contributed by atoms with Crippen molar-refractivity contribution < 1.29 is 0 Å². The molecule has 0 radical (unpaired) electrons. The van der Waals surface area contributed by atoms with E-state index in [0.29, 0.717) is 5.56 Å². The summed E-state index contributed by atoms with van der Waals surface area (Å²) in [5.41, 5.74) is 4.83. The molecule has 0 bridgehead atoms. The van der Waals surface area contributed by atoms with E-state index in [1.807, 2.05) is 50.2 Å². The summed E-state index contributed by atoms with van der Waals surface area (Å²) in [5.74, 6) is 0. The summed E-state index contributed by atoms with van der Waals surface area (Å²) in [4.78, 5) is 15.9. The van der Waals surface area contributed by atoms with Gasteiger partial charge in [0.25, 0.3) is 0 Å². The first-order valence-corrected chi connectivity index (χ1v) is 7.25. The highest BCUT2D eigenvalue weighted by Crippen LogP contribution is 2.27. The summed E-state index contributed by atoms with van der Waals surface area (Å²) < 4.78 is 1.01. The molecule has 1 aromatic heterocycles. The minimum Gasteiger partial charge on any atom is -0.360 e. The van der Waals surface area contributed by atoms with Crippen molar-refractivity contribution in [3.63, 3.8) is 0 Å². The Labute approximate surface area is 125 Å². The first kappa shape index (κ1) is 13.1. The second kappa shape index (κ2) is 4.91. The number of hydrogen-bond donors (Lipinski definition) is 1. The van der Waals surface area contributed by atoms with E-state index < -0.39 is 0 Å². The number of aromatic nitrogens is 1. The van der Waals surface area contributed by atoms with Crippen LogP contribution in [0.25, 0.3) is 22.0 Å². The first-order chi connectivity index (χ1) is 9.58. The van der Waals surface area contributed by atoms with Gasteiger partial charge in [0.1, 0.15) is 0 Å². The number of pyridine rings is 1. The highest BCUT2D eigenvalue weighted by molar-refractivity contribution is 9.10. The van der Waals surface area contributed by atoms with Crippen molar-refractivity contribution >= 4 is 26.8 Å². The van der Waals surface area contributed by atoms with Crippen molar-refractivity contribution in [3.8, 4) is 11.1 Å². The largest absolute Gasteiger partial charge is 0.360 e. The standard InChI is InChI=1S/C17H14BrNO/c1-10-6-7-13-16(8-10)19-9-14(17(13)20)12-4-3-5-15(18)11(12)2/h3-9H,1-2H3,(H,19,20). The van der Waals surface area contributed by atoms with Crippen LogP contribution >= 0.6 is 15.9 Å². The van der Waals surface area contributed by atoms with Crippen LogP contribution in [0, 0.1) is 13.8 Å². The Morgan fingerprint density at radius 2 is 1.85 bits per heavy atom. The quantitative estimate of drug-likeness (QED) is 0.697. The number of nitrogens with one attached hydrogen (secondary N) is 1. The van der Waals surface area contributed by atoms with Gasteiger partial charge in [-0.25, -0.2) is 0 Å². The number of H-pyrrole nitrogens is 1. The van der Waals surface area contributed by atoms with E-state index in [1.165, 1.54) is 0 Å². The summed E-state index contributed by atoms with van der Waals surface area (Å²) in [6.07, 6.45) is 1.80. The Bertz CT molecular complexity index is 864. The number of aryl methyl sites for hydroxylation is 1. The first-order valence-electron chi connectivity index (χ1n) is 6.45. The third-order valence-corrected chi connectivity index (χ3v) is 4.45. The molecular formula is C17H14BrNO. The molecule has 0 saturated heterocycles. The van der Waals surface area contributed by atoms with Crippen LogP contribution in [-0.4, -0.2) is 4.98 Å². The van der Waals surface area contributed by atoms with Crippen molar-refractivity contribution in [2.45, 2.75) is 13.8 Å². The second-order valence-electron chi connectivity index (χ2n) is 4.99. The van der Waals surface area contributed by atoms with Crippen molar-refractivity contribution in [1.82, 2.24) is 4.98 Å². The molecule has 3 rings (SSSR count). The molecule has 2 nitrogen and oxygen atoms in total. The van der Waals surface area contributed by atoms with Crippen LogP contribution in [-0.2, 0) is 0 Å². The van der Waals surface area contributed by atoms with Gasteiger partial charge in [-0.1, -0.05) is 34.1 Å². The Kier molecular flexibility index (Phi) is 3.22. The summed E-state index contributed by atoms with van der Waals surface area (Å²) in [5, 5.41) is 0.729. The van der Waals surface area contributed by atoms with Crippen LogP contribution in [0.15, 0.2) is 51.9 Å². The van der Waals surface area contributed by atoms with Crippen LogP contribution in [0.5, 0.6) is 0 Å². The maximum absolute atomic E-state index is 12.7. The zero-order valence-corrected chi connectivity index (χ0v) is 12.9. The average molecular weight is 328 g/mol. The maximum atomic E-state index is 12.7. The predicted molar refractivity (Wildman–Crippen MR) is 87.2 cm³/mol. The van der Waals surface area contributed by atoms with Gasteiger partial charge in [0.15, 0.2) is 5.43 Å². The van der Waals surface area contributed by atoms with Crippen molar-refractivity contribution in [3.05, 3.63) is 68.4 Å². The number of aromatic amines is 1. The molecule has 0 spiro atoms. The fourth-order valence-corrected chi connectivity index (χ4v) is 2.80. The number of halogens is 1. The average Bonchev–Trinajstić information content (AvgIpc) is 2.43. The Morgan fingerprint density at radius 1 is 1.05 bits per heavy atom. The van der Waals surface area contributed by atoms with E-state index in [4.69, 9.17) is 0 Å². The van der Waals surface area contributed by atoms with Gasteiger partial charge in [0.05, 0.1) is 0 Å². The lowest BCUT2D eigenvalue weighted by molar-refractivity contribution is 1.34. The van der Waals surface area contributed by atoms with E-state index >= 15 is 0 Å². The van der Waals surface area contributed by atoms with E-state index in [9.17, 15) is 4.79 Å². The van der Waals surface area contributed by atoms with Crippen molar-refractivity contribution in [1.29, 1.82) is 0 Å². The Morgan fingerprint density at radius 3 is 2.65 bits per heavy atom. The van der Waals surface area contributed by atoms with Gasteiger partial charge in [-0.15, -0.1) is 0 Å². The summed E-state index contributed by atoms with van der Waals surface area (Å²) in [7, 11) is 0. The van der Waals surface area contributed by atoms with Crippen LogP contribution in [0.1, 0.15) is 11.1 Å². The highest BCUT2D eigenvalue weighted by Gasteiger charge is 2.10. The number of hydrogen-bond acceptors (Lipinski definition) is 1. The van der Waals surface area contributed by atoms with Crippen LogP contribution in [0.3, 0.4) is 0 Å². The van der Waals surface area contributed by atoms with Gasteiger partial charge in [0.2, 0.25) is 0 Å². The molecule has 1 heterocycles. The van der Waals surface area contributed by atoms with Crippen LogP contribution in [0.2, 0.25) is 0 Å². The molecule has 0 unspecified atom stereocenters. The van der Waals surface area contributed by atoms with Crippen molar-refractivity contribution in [2.75, 3.05) is 0 Å². The lowest BCUT2D eigenvalue weighted by atomic mass is 10.00. The third-order valence-electron chi connectivity index (χ3n) is 3.59. The monoisotopic (exact) mass is 327 g/mol. The lowest BCUT2D eigenvalue weighted by Crippen LogP contribution is -2.07. The number of benzene rings is 2. The molecule has 1 N–H and O–H groups in total. The molecule has 100 valence electrons. The Hall–Kier alpha value is -1.87. The number of rotatable bonds is 1. The van der Waals surface area contributed by atoms with Gasteiger partial charge >= 0.3 is 0 Å². The topological polar surface area (TPSA) is 32.9 Å². The molecule has 3 heteroatoms. The highest BCUT2D eigenvalue weighted by atomic mass is 79.9. The van der Waals surface area contributed by atoms with Gasteiger partial charge in [-0.3, -0.25) is 4.79 Å². The molecule has 3 aromatic rings. The molecule has 20 heavy (non-hydrogen) atoms.